The number of anilines is 1. The number of ketones is 1. The van der Waals surface area contributed by atoms with E-state index in [1.54, 1.807) is 48.5 Å². The van der Waals surface area contributed by atoms with Crippen LogP contribution >= 0.6 is 23.2 Å². The molecule has 8 nitrogen and oxygen atoms in total. The fourth-order valence-electron chi connectivity index (χ4n) is 3.14. The van der Waals surface area contributed by atoms with E-state index >= 15 is 0 Å². The van der Waals surface area contributed by atoms with Crippen LogP contribution in [0.5, 0.6) is 0 Å². The van der Waals surface area contributed by atoms with Crippen LogP contribution in [0.3, 0.4) is 0 Å². The number of benzene rings is 2. The van der Waals surface area contributed by atoms with Gasteiger partial charge in [-0.15, -0.1) is 0 Å². The highest BCUT2D eigenvalue weighted by Crippen LogP contribution is 2.39. The molecule has 0 saturated carbocycles. The average molecular weight is 430 g/mol. The summed E-state index contributed by atoms with van der Waals surface area (Å²) in [4.78, 5) is 26.0. The molecule has 0 saturated heterocycles. The first-order chi connectivity index (χ1) is 14.0. The molecule has 0 fully saturated rings. The van der Waals surface area contributed by atoms with Gasteiger partial charge < -0.3 is 10.1 Å². The third kappa shape index (κ3) is 3.37. The molecule has 1 atom stereocenters. The van der Waals surface area contributed by atoms with Crippen LogP contribution in [0.25, 0.3) is 0 Å². The number of carbonyl (C=O) groups excluding carboxylic acids is 2. The van der Waals surface area contributed by atoms with Gasteiger partial charge in [-0.1, -0.05) is 64.7 Å². The standard InChI is InChI=1S/C19H13Cl2N5O3/c1-29-18(28)15-14(17(27)10-5-3-2-4-6-10)16(26-19(22-15)23-24-25-26)12-8-7-11(20)9-13(12)21/h2-9,16H,1H3,(H,22,23,25)/t16-/m1/s1. The quantitative estimate of drug-likeness (QED) is 0.501. The number of halogens is 2. The minimum atomic E-state index is -0.868. The second kappa shape index (κ2) is 7.65. The third-order valence-electron chi connectivity index (χ3n) is 4.44. The predicted molar refractivity (Wildman–Crippen MR) is 106 cm³/mol. The zero-order chi connectivity index (χ0) is 20.5. The van der Waals surface area contributed by atoms with Crippen molar-refractivity contribution >= 4 is 40.9 Å². The van der Waals surface area contributed by atoms with Gasteiger partial charge in [0.1, 0.15) is 11.7 Å². The lowest BCUT2D eigenvalue weighted by atomic mass is 9.89. The van der Waals surface area contributed by atoms with Crippen molar-refractivity contribution in [3.8, 4) is 0 Å². The van der Waals surface area contributed by atoms with E-state index < -0.39 is 17.8 Å². The van der Waals surface area contributed by atoms with Crippen LogP contribution in [0.2, 0.25) is 10.0 Å². The van der Waals surface area contributed by atoms with E-state index in [1.165, 1.54) is 11.8 Å². The highest BCUT2D eigenvalue weighted by atomic mass is 35.5. The number of hydrogen-bond acceptors (Lipinski definition) is 7. The topological polar surface area (TPSA) is 99.0 Å². The molecular weight excluding hydrogens is 417 g/mol. The van der Waals surface area contributed by atoms with E-state index in [0.717, 1.165) is 0 Å². The highest BCUT2D eigenvalue weighted by molar-refractivity contribution is 6.35. The number of ether oxygens (including phenoxy) is 1. The van der Waals surface area contributed by atoms with Crippen molar-refractivity contribution in [3.05, 3.63) is 81.0 Å². The number of nitrogens with one attached hydrogen (secondary N) is 1. The maximum Gasteiger partial charge on any atom is 0.355 e. The number of allylic oxidation sites excluding steroid dienone is 1. The summed E-state index contributed by atoms with van der Waals surface area (Å²) >= 11 is 12.5. The summed E-state index contributed by atoms with van der Waals surface area (Å²) in [5.74, 6) is -0.949. The molecule has 29 heavy (non-hydrogen) atoms. The monoisotopic (exact) mass is 429 g/mol. The number of esters is 1. The van der Waals surface area contributed by atoms with Gasteiger partial charge >= 0.3 is 5.97 Å². The number of carbonyl (C=O) groups is 2. The molecule has 1 N–H and O–H groups in total. The summed E-state index contributed by atoms with van der Waals surface area (Å²) in [6.45, 7) is 0. The molecule has 1 aliphatic rings. The van der Waals surface area contributed by atoms with Crippen molar-refractivity contribution < 1.29 is 14.3 Å². The molecule has 10 heteroatoms. The molecule has 0 aliphatic carbocycles. The number of Topliss-reactive ketones (excluding diaryl/α,β-unsaturated/α-hetero) is 1. The lowest BCUT2D eigenvalue weighted by molar-refractivity contribution is -0.136. The van der Waals surface area contributed by atoms with E-state index in [1.807, 2.05) is 0 Å². The van der Waals surface area contributed by atoms with Crippen molar-refractivity contribution in [1.82, 2.24) is 20.2 Å². The first-order valence-electron chi connectivity index (χ1n) is 8.43. The maximum atomic E-state index is 13.5. The van der Waals surface area contributed by atoms with Crippen LogP contribution in [0.15, 0.2) is 59.8 Å². The Balaban J connectivity index is 1.99. The number of rotatable bonds is 4. The van der Waals surface area contributed by atoms with E-state index in [4.69, 9.17) is 27.9 Å². The number of methoxy groups -OCH3 is 1. The Labute approximate surface area is 175 Å². The minimum absolute atomic E-state index is 0.0559. The Bertz CT molecular complexity index is 1140. The molecule has 2 heterocycles. The Morgan fingerprint density at radius 2 is 1.90 bits per heavy atom. The molecule has 2 aromatic carbocycles. The van der Waals surface area contributed by atoms with Crippen LogP contribution in [-0.2, 0) is 9.53 Å². The van der Waals surface area contributed by atoms with Gasteiger partial charge in [0.25, 0.3) is 0 Å². The summed E-state index contributed by atoms with van der Waals surface area (Å²) < 4.78 is 6.27. The fourth-order valence-corrected chi connectivity index (χ4v) is 3.66. The van der Waals surface area contributed by atoms with Gasteiger partial charge in [-0.3, -0.25) is 4.79 Å². The number of aromatic nitrogens is 4. The number of fused-ring (bicyclic) bond motifs is 1. The van der Waals surface area contributed by atoms with Gasteiger partial charge in [0.15, 0.2) is 5.78 Å². The number of nitrogens with zero attached hydrogens (tertiary/aromatic N) is 4. The summed E-state index contributed by atoms with van der Waals surface area (Å²) in [7, 11) is 1.23. The van der Waals surface area contributed by atoms with Crippen molar-refractivity contribution in [1.29, 1.82) is 0 Å². The SMILES string of the molecule is COC(=O)C1=C(C(=O)c2ccccc2)[C@@H](c2ccc(Cl)cc2Cl)n2nnnc2N1. The molecule has 146 valence electrons. The summed E-state index contributed by atoms with van der Waals surface area (Å²) in [5.41, 5.74) is 0.941. The summed E-state index contributed by atoms with van der Waals surface area (Å²) in [6, 6.07) is 12.5. The lowest BCUT2D eigenvalue weighted by Crippen LogP contribution is -2.33. The van der Waals surface area contributed by atoms with Gasteiger partial charge in [0, 0.05) is 21.2 Å². The number of tetrazole rings is 1. The number of hydrogen-bond donors (Lipinski definition) is 1. The van der Waals surface area contributed by atoms with Gasteiger partial charge in [0.05, 0.1) is 12.7 Å². The van der Waals surface area contributed by atoms with Crippen molar-refractivity contribution in [2.45, 2.75) is 6.04 Å². The first-order valence-corrected chi connectivity index (χ1v) is 9.19. The van der Waals surface area contributed by atoms with Crippen molar-refractivity contribution in [2.75, 3.05) is 12.4 Å². The van der Waals surface area contributed by atoms with Gasteiger partial charge in [-0.05, 0) is 22.6 Å². The lowest BCUT2D eigenvalue weighted by Gasteiger charge is -2.28. The maximum absolute atomic E-state index is 13.5. The van der Waals surface area contributed by atoms with E-state index in [-0.39, 0.29) is 17.2 Å². The van der Waals surface area contributed by atoms with E-state index in [9.17, 15) is 9.59 Å². The predicted octanol–water partition coefficient (Wildman–Crippen LogP) is 3.30. The van der Waals surface area contributed by atoms with Crippen LogP contribution in [0.1, 0.15) is 22.0 Å². The zero-order valence-electron chi connectivity index (χ0n) is 15.0. The third-order valence-corrected chi connectivity index (χ3v) is 5.01. The van der Waals surface area contributed by atoms with Crippen LogP contribution in [0, 0.1) is 0 Å². The zero-order valence-corrected chi connectivity index (χ0v) is 16.5. The van der Waals surface area contributed by atoms with Crippen LogP contribution in [0.4, 0.5) is 5.95 Å². The minimum Gasteiger partial charge on any atom is -0.464 e. The molecule has 0 amide bonds. The molecule has 0 radical (unpaired) electrons. The van der Waals surface area contributed by atoms with Gasteiger partial charge in [0.2, 0.25) is 5.95 Å². The molecule has 0 spiro atoms. The Morgan fingerprint density at radius 3 is 2.59 bits per heavy atom. The molecular formula is C19H13Cl2N5O3. The average Bonchev–Trinajstić information content (AvgIpc) is 3.21. The van der Waals surface area contributed by atoms with Gasteiger partial charge in [-0.25, -0.2) is 4.79 Å². The summed E-state index contributed by atoms with van der Waals surface area (Å²) in [5, 5.41) is 15.1. The second-order valence-corrected chi connectivity index (χ2v) is 6.96. The molecule has 4 rings (SSSR count). The molecule has 1 aliphatic heterocycles. The largest absolute Gasteiger partial charge is 0.464 e. The molecule has 3 aromatic rings. The first kappa shape index (κ1) is 19.1. The fraction of sp³-hybridized carbons (Fsp3) is 0.105. The van der Waals surface area contributed by atoms with Crippen molar-refractivity contribution in [2.24, 2.45) is 0 Å². The van der Waals surface area contributed by atoms with Crippen LogP contribution < -0.4 is 5.32 Å². The Hall–Kier alpha value is -3.23. The molecule has 0 bridgehead atoms. The van der Waals surface area contributed by atoms with Crippen molar-refractivity contribution in [3.63, 3.8) is 0 Å². The van der Waals surface area contributed by atoms with Gasteiger partial charge in [-0.2, -0.15) is 4.68 Å². The molecule has 1 aromatic heterocycles. The second-order valence-electron chi connectivity index (χ2n) is 6.12. The summed E-state index contributed by atoms with van der Waals surface area (Å²) in [6.07, 6.45) is 0. The van der Waals surface area contributed by atoms with E-state index in [2.05, 4.69) is 20.8 Å². The Morgan fingerprint density at radius 1 is 1.14 bits per heavy atom. The Kier molecular flexibility index (Phi) is 5.04. The van der Waals surface area contributed by atoms with Crippen LogP contribution in [-0.4, -0.2) is 39.1 Å². The smallest absolute Gasteiger partial charge is 0.355 e. The molecule has 0 unspecified atom stereocenters. The van der Waals surface area contributed by atoms with E-state index in [0.29, 0.717) is 21.2 Å². The normalized spacial score (nSPS) is 15.5. The highest BCUT2D eigenvalue weighted by Gasteiger charge is 2.39.